The van der Waals surface area contributed by atoms with Gasteiger partial charge in [0.2, 0.25) is 5.28 Å². The van der Waals surface area contributed by atoms with Crippen LogP contribution in [0.5, 0.6) is 0 Å². The highest BCUT2D eigenvalue weighted by molar-refractivity contribution is 6.28. The molecule has 0 fully saturated rings. The monoisotopic (exact) mass is 293 g/mol. The number of hydrogen-bond acceptors (Lipinski definition) is 4. The zero-order chi connectivity index (χ0) is 14.3. The molecule has 0 saturated carbocycles. The van der Waals surface area contributed by atoms with E-state index in [1.165, 1.54) is 12.1 Å². The lowest BCUT2D eigenvalue weighted by Crippen LogP contribution is -2.05. The highest BCUT2D eigenvalue weighted by Gasteiger charge is 2.35. The molecule has 0 bridgehead atoms. The summed E-state index contributed by atoms with van der Waals surface area (Å²) < 4.78 is 13.0. The van der Waals surface area contributed by atoms with Crippen molar-refractivity contribution in [3.63, 3.8) is 0 Å². The van der Waals surface area contributed by atoms with Crippen LogP contribution < -0.4 is 5.32 Å². The number of fused-ring (bicyclic) bond motifs is 1. The first kappa shape index (κ1) is 13.3. The number of hydrogen-bond donors (Lipinski definition) is 2. The molecule has 3 rings (SSSR count). The lowest BCUT2D eigenvalue weighted by atomic mass is 9.96. The number of halogens is 2. The number of rotatable bonds is 2. The highest BCUT2D eigenvalue weighted by atomic mass is 35.5. The number of aliphatic hydroxyl groups is 1. The molecule has 2 aromatic rings. The van der Waals surface area contributed by atoms with Crippen molar-refractivity contribution in [3.05, 3.63) is 52.2 Å². The van der Waals surface area contributed by atoms with E-state index in [1.807, 2.05) is 0 Å². The maximum absolute atomic E-state index is 13.0. The van der Waals surface area contributed by atoms with Gasteiger partial charge in [0.1, 0.15) is 11.6 Å². The number of benzene rings is 1. The Hall–Kier alpha value is -1.72. The predicted octanol–water partition coefficient (Wildman–Crippen LogP) is 2.88. The van der Waals surface area contributed by atoms with Gasteiger partial charge >= 0.3 is 0 Å². The molecule has 1 heterocycles. The van der Waals surface area contributed by atoms with Crippen molar-refractivity contribution in [3.8, 4) is 0 Å². The molecule has 4 nitrogen and oxygen atoms in total. The molecule has 1 aliphatic rings. The van der Waals surface area contributed by atoms with Crippen molar-refractivity contribution < 1.29 is 9.50 Å². The van der Waals surface area contributed by atoms with Gasteiger partial charge < -0.3 is 10.4 Å². The van der Waals surface area contributed by atoms with Crippen LogP contribution in [0.2, 0.25) is 5.28 Å². The Morgan fingerprint density at radius 3 is 2.65 bits per heavy atom. The van der Waals surface area contributed by atoms with Crippen LogP contribution >= 0.6 is 11.6 Å². The van der Waals surface area contributed by atoms with Gasteiger partial charge in [-0.05, 0) is 35.7 Å². The fraction of sp³-hybridized carbons (Fsp3) is 0.286. The van der Waals surface area contributed by atoms with Crippen LogP contribution in [0.1, 0.15) is 35.3 Å². The maximum atomic E-state index is 13.0. The Bertz CT molecular complexity index is 648. The number of anilines is 1. The van der Waals surface area contributed by atoms with Crippen LogP contribution in [0.3, 0.4) is 0 Å². The van der Waals surface area contributed by atoms with Gasteiger partial charge in [-0.3, -0.25) is 0 Å². The van der Waals surface area contributed by atoms with Crippen LogP contribution in [0.25, 0.3) is 0 Å². The van der Waals surface area contributed by atoms with Crippen molar-refractivity contribution in [2.75, 3.05) is 12.4 Å². The smallest absolute Gasteiger partial charge is 0.224 e. The Balaban J connectivity index is 2.11. The van der Waals surface area contributed by atoms with Crippen molar-refractivity contribution in [1.82, 2.24) is 9.97 Å². The third-order valence-corrected chi connectivity index (χ3v) is 3.75. The van der Waals surface area contributed by atoms with E-state index in [9.17, 15) is 9.50 Å². The second-order valence-corrected chi connectivity index (χ2v) is 5.08. The van der Waals surface area contributed by atoms with Crippen LogP contribution in [-0.2, 0) is 0 Å². The van der Waals surface area contributed by atoms with E-state index >= 15 is 0 Å². The molecule has 0 amide bonds. The molecule has 0 saturated heterocycles. The Kier molecular flexibility index (Phi) is 3.31. The first-order chi connectivity index (χ1) is 9.60. The molecule has 0 spiro atoms. The summed E-state index contributed by atoms with van der Waals surface area (Å²) in [6.07, 6.45) is -0.162. The van der Waals surface area contributed by atoms with E-state index in [-0.39, 0.29) is 17.0 Å². The maximum Gasteiger partial charge on any atom is 0.224 e. The van der Waals surface area contributed by atoms with Gasteiger partial charge in [0.05, 0.1) is 11.8 Å². The van der Waals surface area contributed by atoms with E-state index in [0.717, 1.165) is 5.56 Å². The summed E-state index contributed by atoms with van der Waals surface area (Å²) in [5.41, 5.74) is 2.28. The molecular formula is C14H13ClFN3O. The van der Waals surface area contributed by atoms with Crippen LogP contribution in [-0.4, -0.2) is 22.1 Å². The molecule has 1 aliphatic carbocycles. The fourth-order valence-corrected chi connectivity index (χ4v) is 2.86. The minimum Gasteiger partial charge on any atom is -0.388 e. The molecule has 6 heteroatoms. The molecule has 2 N–H and O–H groups in total. The molecule has 20 heavy (non-hydrogen) atoms. The SMILES string of the molecule is CNc1nc(Cl)nc2c1[C@@H](O)C[C@H]2c1ccc(F)cc1. The van der Waals surface area contributed by atoms with Gasteiger partial charge in [-0.15, -0.1) is 0 Å². The Labute approximate surface area is 120 Å². The lowest BCUT2D eigenvalue weighted by molar-refractivity contribution is 0.176. The molecule has 0 radical (unpaired) electrons. The third kappa shape index (κ3) is 2.13. The van der Waals surface area contributed by atoms with Crippen molar-refractivity contribution in [2.45, 2.75) is 18.4 Å². The predicted molar refractivity (Wildman–Crippen MR) is 74.4 cm³/mol. The van der Waals surface area contributed by atoms with Crippen LogP contribution in [0, 0.1) is 5.82 Å². The molecule has 104 valence electrons. The standard InChI is InChI=1S/C14H13ClFN3O/c1-17-13-11-10(20)6-9(12(11)18-14(15)19-13)7-2-4-8(16)5-3-7/h2-5,9-10,20H,6H2,1H3,(H,17,18,19)/t9-,10-/m0/s1. The minimum absolute atomic E-state index is 0.104. The fourth-order valence-electron chi connectivity index (χ4n) is 2.68. The van der Waals surface area contributed by atoms with Crippen molar-refractivity contribution >= 4 is 17.4 Å². The first-order valence-corrected chi connectivity index (χ1v) is 6.66. The van der Waals surface area contributed by atoms with Gasteiger partial charge in [-0.1, -0.05) is 12.1 Å². The summed E-state index contributed by atoms with van der Waals surface area (Å²) >= 11 is 5.93. The number of nitrogens with zero attached hydrogens (tertiary/aromatic N) is 2. The summed E-state index contributed by atoms with van der Waals surface area (Å²) in [6, 6.07) is 6.22. The van der Waals surface area contributed by atoms with Gasteiger partial charge in [0, 0.05) is 18.5 Å². The summed E-state index contributed by atoms with van der Waals surface area (Å²) in [7, 11) is 1.72. The van der Waals surface area contributed by atoms with Crippen LogP contribution in [0.15, 0.2) is 24.3 Å². The second-order valence-electron chi connectivity index (χ2n) is 4.75. The van der Waals surface area contributed by atoms with Crippen molar-refractivity contribution in [1.29, 1.82) is 0 Å². The van der Waals surface area contributed by atoms with E-state index < -0.39 is 6.10 Å². The lowest BCUT2D eigenvalue weighted by Gasteiger charge is -2.12. The molecule has 2 atom stereocenters. The molecular weight excluding hydrogens is 281 g/mol. The zero-order valence-electron chi connectivity index (χ0n) is 10.8. The summed E-state index contributed by atoms with van der Waals surface area (Å²) in [5.74, 6) is 0.148. The highest BCUT2D eigenvalue weighted by Crippen LogP contribution is 2.45. The largest absolute Gasteiger partial charge is 0.388 e. The second kappa shape index (κ2) is 5.00. The third-order valence-electron chi connectivity index (χ3n) is 3.58. The van der Waals surface area contributed by atoms with E-state index in [0.29, 0.717) is 23.5 Å². The van der Waals surface area contributed by atoms with Gasteiger partial charge in [-0.2, -0.15) is 0 Å². The normalized spacial score (nSPS) is 20.8. The van der Waals surface area contributed by atoms with Gasteiger partial charge in [0.15, 0.2) is 0 Å². The molecule has 0 aliphatic heterocycles. The number of aromatic nitrogens is 2. The summed E-state index contributed by atoms with van der Waals surface area (Å²) in [4.78, 5) is 8.33. The summed E-state index contributed by atoms with van der Waals surface area (Å²) in [5, 5.41) is 13.3. The van der Waals surface area contributed by atoms with Gasteiger partial charge in [-0.25, -0.2) is 14.4 Å². The average Bonchev–Trinajstić information content (AvgIpc) is 2.76. The average molecular weight is 294 g/mol. The van der Waals surface area contributed by atoms with Crippen molar-refractivity contribution in [2.24, 2.45) is 0 Å². The van der Waals surface area contributed by atoms with E-state index in [4.69, 9.17) is 11.6 Å². The van der Waals surface area contributed by atoms with Crippen LogP contribution in [0.4, 0.5) is 10.2 Å². The Morgan fingerprint density at radius 1 is 1.30 bits per heavy atom. The first-order valence-electron chi connectivity index (χ1n) is 6.28. The van der Waals surface area contributed by atoms with E-state index in [2.05, 4.69) is 15.3 Å². The number of aliphatic hydroxyl groups excluding tert-OH is 1. The Morgan fingerprint density at radius 2 is 2.00 bits per heavy atom. The number of nitrogens with one attached hydrogen (secondary N) is 1. The summed E-state index contributed by atoms with van der Waals surface area (Å²) in [6.45, 7) is 0. The minimum atomic E-state index is -0.653. The topological polar surface area (TPSA) is 58.0 Å². The quantitative estimate of drug-likeness (QED) is 0.836. The molecule has 1 aromatic heterocycles. The molecule has 0 unspecified atom stereocenters. The van der Waals surface area contributed by atoms with Gasteiger partial charge in [0.25, 0.3) is 0 Å². The van der Waals surface area contributed by atoms with E-state index in [1.54, 1.807) is 19.2 Å². The zero-order valence-corrected chi connectivity index (χ0v) is 11.5. The molecule has 1 aromatic carbocycles.